The number of benzene rings is 1. The SMILES string of the molecule is C=C[C@H]1C[C@@H](/C=C/C(C)=O)[C@@H](NC(=O)c2ccccc2)[C@@H]1C(=O)OCC. The second kappa shape index (κ2) is 9.13. The molecular formula is C21H25NO4. The summed E-state index contributed by atoms with van der Waals surface area (Å²) in [5, 5.41) is 2.97. The number of amides is 1. The normalized spacial score (nSPS) is 25.0. The number of nitrogens with one attached hydrogen (secondary N) is 1. The van der Waals surface area contributed by atoms with Crippen molar-refractivity contribution in [3.05, 3.63) is 60.7 Å². The third kappa shape index (κ3) is 4.69. The largest absolute Gasteiger partial charge is 0.466 e. The van der Waals surface area contributed by atoms with Crippen molar-refractivity contribution >= 4 is 17.7 Å². The van der Waals surface area contributed by atoms with Gasteiger partial charge in [0.2, 0.25) is 0 Å². The summed E-state index contributed by atoms with van der Waals surface area (Å²) in [5.74, 6) is -1.49. The average molecular weight is 355 g/mol. The first-order valence-electron chi connectivity index (χ1n) is 8.81. The topological polar surface area (TPSA) is 72.5 Å². The predicted molar refractivity (Wildman–Crippen MR) is 99.4 cm³/mol. The van der Waals surface area contributed by atoms with Gasteiger partial charge in [-0.05, 0) is 50.3 Å². The molecule has 0 spiro atoms. The van der Waals surface area contributed by atoms with E-state index in [0.717, 1.165) is 0 Å². The molecule has 0 heterocycles. The predicted octanol–water partition coefficient (Wildman–Crippen LogP) is 2.93. The van der Waals surface area contributed by atoms with Gasteiger partial charge >= 0.3 is 5.97 Å². The number of hydrogen-bond donors (Lipinski definition) is 1. The minimum absolute atomic E-state index is 0.0760. The van der Waals surface area contributed by atoms with Crippen LogP contribution in [-0.2, 0) is 14.3 Å². The van der Waals surface area contributed by atoms with E-state index in [-0.39, 0.29) is 36.1 Å². The average Bonchev–Trinajstić information content (AvgIpc) is 2.98. The van der Waals surface area contributed by atoms with Crippen molar-refractivity contribution in [2.24, 2.45) is 17.8 Å². The molecule has 1 N–H and O–H groups in total. The van der Waals surface area contributed by atoms with Crippen molar-refractivity contribution in [1.82, 2.24) is 5.32 Å². The van der Waals surface area contributed by atoms with Crippen LogP contribution >= 0.6 is 0 Å². The number of ether oxygens (including phenoxy) is 1. The number of hydrogen-bond acceptors (Lipinski definition) is 4. The molecular weight excluding hydrogens is 330 g/mol. The summed E-state index contributed by atoms with van der Waals surface area (Å²) in [6.45, 7) is 7.32. The van der Waals surface area contributed by atoms with E-state index in [4.69, 9.17) is 4.74 Å². The van der Waals surface area contributed by atoms with Gasteiger partial charge in [0.05, 0.1) is 12.5 Å². The molecule has 138 valence electrons. The van der Waals surface area contributed by atoms with E-state index in [2.05, 4.69) is 11.9 Å². The lowest BCUT2D eigenvalue weighted by molar-refractivity contribution is -0.149. The van der Waals surface area contributed by atoms with Gasteiger partial charge in [0.25, 0.3) is 5.91 Å². The van der Waals surface area contributed by atoms with Gasteiger partial charge in [0, 0.05) is 11.6 Å². The van der Waals surface area contributed by atoms with E-state index in [1.807, 2.05) is 6.07 Å². The van der Waals surface area contributed by atoms with E-state index in [9.17, 15) is 14.4 Å². The van der Waals surface area contributed by atoms with Crippen molar-refractivity contribution in [2.45, 2.75) is 26.3 Å². The molecule has 5 nitrogen and oxygen atoms in total. The van der Waals surface area contributed by atoms with Crippen molar-refractivity contribution < 1.29 is 19.1 Å². The Bertz CT molecular complexity index is 695. The van der Waals surface area contributed by atoms with E-state index in [0.29, 0.717) is 12.0 Å². The molecule has 5 heteroatoms. The molecule has 1 fully saturated rings. The first-order valence-corrected chi connectivity index (χ1v) is 8.81. The molecule has 1 aliphatic rings. The minimum atomic E-state index is -0.526. The highest BCUT2D eigenvalue weighted by atomic mass is 16.5. The molecule has 0 aromatic heterocycles. The fourth-order valence-electron chi connectivity index (χ4n) is 3.42. The Hall–Kier alpha value is -2.69. The maximum Gasteiger partial charge on any atom is 0.311 e. The zero-order chi connectivity index (χ0) is 19.1. The molecule has 1 aliphatic carbocycles. The van der Waals surface area contributed by atoms with Crippen molar-refractivity contribution in [2.75, 3.05) is 6.61 Å². The molecule has 0 bridgehead atoms. The van der Waals surface area contributed by atoms with E-state index >= 15 is 0 Å². The first-order chi connectivity index (χ1) is 12.5. The number of allylic oxidation sites excluding steroid dienone is 2. The summed E-state index contributed by atoms with van der Waals surface area (Å²) < 4.78 is 5.22. The van der Waals surface area contributed by atoms with Gasteiger partial charge in [0.1, 0.15) is 0 Å². The third-order valence-corrected chi connectivity index (χ3v) is 4.63. The van der Waals surface area contributed by atoms with E-state index in [1.54, 1.807) is 43.3 Å². The van der Waals surface area contributed by atoms with Gasteiger partial charge in [0.15, 0.2) is 5.78 Å². The highest BCUT2D eigenvalue weighted by Crippen LogP contribution is 2.39. The van der Waals surface area contributed by atoms with Crippen LogP contribution in [-0.4, -0.2) is 30.3 Å². The number of carbonyl (C=O) groups is 3. The number of esters is 1. The molecule has 26 heavy (non-hydrogen) atoms. The Morgan fingerprint density at radius 1 is 1.23 bits per heavy atom. The monoisotopic (exact) mass is 355 g/mol. The Labute approximate surface area is 154 Å². The Morgan fingerprint density at radius 2 is 1.92 bits per heavy atom. The quantitative estimate of drug-likeness (QED) is 0.464. The molecule has 0 radical (unpaired) electrons. The Morgan fingerprint density at radius 3 is 2.50 bits per heavy atom. The zero-order valence-electron chi connectivity index (χ0n) is 15.2. The van der Waals surface area contributed by atoms with Crippen molar-refractivity contribution in [3.8, 4) is 0 Å². The molecule has 1 aromatic rings. The molecule has 2 rings (SSSR count). The van der Waals surface area contributed by atoms with Gasteiger partial charge in [-0.3, -0.25) is 14.4 Å². The second-order valence-corrected chi connectivity index (χ2v) is 6.41. The lowest BCUT2D eigenvalue weighted by Crippen LogP contribution is -2.45. The zero-order valence-corrected chi connectivity index (χ0v) is 15.2. The lowest BCUT2D eigenvalue weighted by atomic mass is 9.92. The summed E-state index contributed by atoms with van der Waals surface area (Å²) in [5.41, 5.74) is 0.520. The number of ketones is 1. The summed E-state index contributed by atoms with van der Waals surface area (Å²) in [6, 6.07) is 8.38. The van der Waals surface area contributed by atoms with Crippen LogP contribution < -0.4 is 5.32 Å². The highest BCUT2D eigenvalue weighted by Gasteiger charge is 2.46. The van der Waals surface area contributed by atoms with Crippen LogP contribution in [0.15, 0.2) is 55.1 Å². The van der Waals surface area contributed by atoms with E-state index < -0.39 is 12.0 Å². The molecule has 0 saturated heterocycles. The summed E-state index contributed by atoms with van der Waals surface area (Å²) >= 11 is 0. The van der Waals surface area contributed by atoms with Crippen molar-refractivity contribution in [1.29, 1.82) is 0 Å². The third-order valence-electron chi connectivity index (χ3n) is 4.63. The van der Waals surface area contributed by atoms with Crippen LogP contribution in [0.25, 0.3) is 0 Å². The van der Waals surface area contributed by atoms with Gasteiger partial charge in [-0.1, -0.05) is 30.4 Å². The molecule has 0 unspecified atom stereocenters. The van der Waals surface area contributed by atoms with Crippen LogP contribution in [0.2, 0.25) is 0 Å². The molecule has 1 saturated carbocycles. The summed E-state index contributed by atoms with van der Waals surface area (Å²) in [4.78, 5) is 36.5. The second-order valence-electron chi connectivity index (χ2n) is 6.41. The summed E-state index contributed by atoms with van der Waals surface area (Å²) in [7, 11) is 0. The van der Waals surface area contributed by atoms with Crippen molar-refractivity contribution in [3.63, 3.8) is 0 Å². The Balaban J connectivity index is 2.30. The Kier molecular flexibility index (Phi) is 6.89. The van der Waals surface area contributed by atoms with Crippen LogP contribution in [0, 0.1) is 17.8 Å². The van der Waals surface area contributed by atoms with Gasteiger partial charge in [-0.25, -0.2) is 0 Å². The minimum Gasteiger partial charge on any atom is -0.466 e. The van der Waals surface area contributed by atoms with Crippen LogP contribution in [0.3, 0.4) is 0 Å². The van der Waals surface area contributed by atoms with Gasteiger partial charge < -0.3 is 10.1 Å². The summed E-state index contributed by atoms with van der Waals surface area (Å²) in [6.07, 6.45) is 5.61. The standard InChI is InChI=1S/C21H25NO4/c1-4-15-13-17(12-11-14(3)23)19(18(15)21(25)26-5-2)22-20(24)16-9-7-6-8-10-16/h4,6-12,15,17-19H,1,5,13H2,2-3H3,(H,22,24)/b12-11+/t15-,17+,18+,19+/m0/s1. The highest BCUT2D eigenvalue weighted by molar-refractivity contribution is 5.95. The van der Waals surface area contributed by atoms with Gasteiger partial charge in [-0.2, -0.15) is 0 Å². The fourth-order valence-corrected chi connectivity index (χ4v) is 3.42. The lowest BCUT2D eigenvalue weighted by Gasteiger charge is -2.25. The van der Waals surface area contributed by atoms with Crippen LogP contribution in [0.4, 0.5) is 0 Å². The molecule has 4 atom stereocenters. The number of carbonyl (C=O) groups excluding carboxylic acids is 3. The fraction of sp³-hybridized carbons (Fsp3) is 0.381. The van der Waals surface area contributed by atoms with Crippen LogP contribution in [0.1, 0.15) is 30.6 Å². The molecule has 1 amide bonds. The smallest absolute Gasteiger partial charge is 0.311 e. The van der Waals surface area contributed by atoms with Crippen LogP contribution in [0.5, 0.6) is 0 Å². The molecule has 1 aromatic carbocycles. The number of rotatable bonds is 7. The first kappa shape index (κ1) is 19.6. The molecule has 0 aliphatic heterocycles. The maximum atomic E-state index is 12.6. The van der Waals surface area contributed by atoms with E-state index in [1.165, 1.54) is 13.0 Å². The maximum absolute atomic E-state index is 12.6. The van der Waals surface area contributed by atoms with Gasteiger partial charge in [-0.15, -0.1) is 6.58 Å².